The number of aliphatic hydroxyl groups is 1. The van der Waals surface area contributed by atoms with Crippen LogP contribution in [0.3, 0.4) is 0 Å². The lowest BCUT2D eigenvalue weighted by atomic mass is 9.92. The molecule has 4 heteroatoms. The molecule has 3 aromatic carbocycles. The zero-order chi connectivity index (χ0) is 19.9. The van der Waals surface area contributed by atoms with Crippen molar-refractivity contribution in [3.05, 3.63) is 107 Å². The lowest BCUT2D eigenvalue weighted by Gasteiger charge is -2.30. The van der Waals surface area contributed by atoms with Crippen LogP contribution in [0.25, 0.3) is 0 Å². The first kappa shape index (κ1) is 22.5. The number of benzene rings is 3. The summed E-state index contributed by atoms with van der Waals surface area (Å²) in [5.74, 6) is 0.173. The molecule has 4 rings (SSSR count). The Morgan fingerprint density at radius 2 is 1.33 bits per heavy atom. The van der Waals surface area contributed by atoms with Gasteiger partial charge in [0.25, 0.3) is 0 Å². The first-order chi connectivity index (χ1) is 14.3. The summed E-state index contributed by atoms with van der Waals surface area (Å²) in [6.07, 6.45) is 0.570. The number of β-amino-alcohol motifs (C(OH)–C–C–N with tert-alkyl or cyclic N) is 1. The van der Waals surface area contributed by atoms with E-state index in [1.165, 1.54) is 22.3 Å². The molecule has 1 atom stereocenters. The van der Waals surface area contributed by atoms with Crippen LogP contribution in [0.5, 0.6) is 0 Å². The predicted molar refractivity (Wildman–Crippen MR) is 124 cm³/mol. The number of rotatable bonds is 8. The number of halogens is 1. The second-order valence-electron chi connectivity index (χ2n) is 7.82. The minimum absolute atomic E-state index is 0. The fourth-order valence-corrected chi connectivity index (χ4v) is 4.14. The second kappa shape index (κ2) is 11.3. The van der Waals surface area contributed by atoms with E-state index >= 15 is 0 Å². The van der Waals surface area contributed by atoms with Gasteiger partial charge in [0.2, 0.25) is 0 Å². The van der Waals surface area contributed by atoms with E-state index in [0.717, 1.165) is 19.5 Å². The zero-order valence-electron chi connectivity index (χ0n) is 17.2. The van der Waals surface area contributed by atoms with E-state index in [0.29, 0.717) is 19.8 Å². The van der Waals surface area contributed by atoms with Crippen LogP contribution in [0.1, 0.15) is 28.2 Å². The van der Waals surface area contributed by atoms with Crippen molar-refractivity contribution in [3.8, 4) is 0 Å². The molecule has 30 heavy (non-hydrogen) atoms. The molecule has 1 heterocycles. The first-order valence-corrected chi connectivity index (χ1v) is 10.4. The molecule has 3 aromatic rings. The Morgan fingerprint density at radius 3 is 1.97 bits per heavy atom. The van der Waals surface area contributed by atoms with Crippen LogP contribution in [0, 0.1) is 0 Å². The molecule has 1 unspecified atom stereocenters. The fraction of sp³-hybridized carbons (Fsp3) is 0.308. The Morgan fingerprint density at radius 1 is 0.767 bits per heavy atom. The molecule has 0 radical (unpaired) electrons. The highest BCUT2D eigenvalue weighted by Crippen LogP contribution is 2.25. The molecule has 158 valence electrons. The molecule has 0 fully saturated rings. The van der Waals surface area contributed by atoms with Gasteiger partial charge in [0, 0.05) is 25.6 Å². The van der Waals surface area contributed by atoms with Gasteiger partial charge in [0.1, 0.15) is 0 Å². The molecule has 0 amide bonds. The molecule has 0 bridgehead atoms. The summed E-state index contributed by atoms with van der Waals surface area (Å²) in [7, 11) is 0. The number of aliphatic hydroxyl groups excluding tert-OH is 1. The highest BCUT2D eigenvalue weighted by atomic mass is 35.5. The molecule has 1 N–H and O–H groups in total. The summed E-state index contributed by atoms with van der Waals surface area (Å²) >= 11 is 0. The summed E-state index contributed by atoms with van der Waals surface area (Å²) < 4.78 is 6.00. The second-order valence-corrected chi connectivity index (χ2v) is 7.82. The van der Waals surface area contributed by atoms with Gasteiger partial charge in [-0.1, -0.05) is 84.9 Å². The molecule has 0 saturated heterocycles. The third kappa shape index (κ3) is 5.93. The van der Waals surface area contributed by atoms with Gasteiger partial charge in [-0.3, -0.25) is 4.90 Å². The maximum absolute atomic E-state index is 10.5. The lowest BCUT2D eigenvalue weighted by molar-refractivity contribution is 0.0121. The van der Waals surface area contributed by atoms with Crippen molar-refractivity contribution in [2.24, 2.45) is 0 Å². The van der Waals surface area contributed by atoms with Gasteiger partial charge < -0.3 is 9.84 Å². The fourth-order valence-electron chi connectivity index (χ4n) is 4.14. The zero-order valence-corrected chi connectivity index (χ0v) is 18.0. The molecular weight excluding hydrogens is 394 g/mol. The number of nitrogens with zero attached hydrogens (tertiary/aromatic N) is 1. The minimum atomic E-state index is -0.479. The van der Waals surface area contributed by atoms with E-state index in [9.17, 15) is 5.11 Å². The molecule has 0 saturated carbocycles. The van der Waals surface area contributed by atoms with Crippen LogP contribution >= 0.6 is 12.4 Å². The maximum Gasteiger partial charge on any atom is 0.0900 e. The summed E-state index contributed by atoms with van der Waals surface area (Å²) in [5.41, 5.74) is 5.28. The normalized spacial score (nSPS) is 14.7. The average Bonchev–Trinajstić information content (AvgIpc) is 2.78. The van der Waals surface area contributed by atoms with Crippen LogP contribution in [0.15, 0.2) is 84.9 Å². The SMILES string of the molecule is Cl.OC(COCC(c1ccccc1)c1ccccc1)CN1CCc2ccccc2C1. The van der Waals surface area contributed by atoms with Crippen molar-refractivity contribution in [3.63, 3.8) is 0 Å². The largest absolute Gasteiger partial charge is 0.389 e. The third-order valence-electron chi connectivity index (χ3n) is 5.68. The van der Waals surface area contributed by atoms with E-state index in [-0.39, 0.29) is 18.3 Å². The predicted octanol–water partition coefficient (Wildman–Crippen LogP) is 4.68. The molecule has 1 aliphatic rings. The molecule has 1 aliphatic heterocycles. The summed E-state index contributed by atoms with van der Waals surface area (Å²) in [5, 5.41) is 10.5. The first-order valence-electron chi connectivity index (χ1n) is 10.4. The molecule has 0 aliphatic carbocycles. The van der Waals surface area contributed by atoms with Gasteiger partial charge in [0.15, 0.2) is 0 Å². The molecule has 3 nitrogen and oxygen atoms in total. The topological polar surface area (TPSA) is 32.7 Å². The van der Waals surface area contributed by atoms with Gasteiger partial charge >= 0.3 is 0 Å². The van der Waals surface area contributed by atoms with Crippen LogP contribution in [0.2, 0.25) is 0 Å². The molecule has 0 spiro atoms. The third-order valence-corrected chi connectivity index (χ3v) is 5.68. The van der Waals surface area contributed by atoms with Crippen LogP contribution < -0.4 is 0 Å². The summed E-state index contributed by atoms with van der Waals surface area (Å²) in [6.45, 7) is 3.46. The minimum Gasteiger partial charge on any atom is -0.389 e. The quantitative estimate of drug-likeness (QED) is 0.571. The number of ether oxygens (including phenoxy) is 1. The van der Waals surface area contributed by atoms with Gasteiger partial charge in [-0.25, -0.2) is 0 Å². The van der Waals surface area contributed by atoms with Gasteiger partial charge in [0.05, 0.1) is 19.3 Å². The van der Waals surface area contributed by atoms with Crippen molar-refractivity contribution in [2.45, 2.75) is 25.0 Å². The Balaban J connectivity index is 0.00000256. The van der Waals surface area contributed by atoms with Gasteiger partial charge in [-0.15, -0.1) is 12.4 Å². The Kier molecular flexibility index (Phi) is 8.47. The number of hydrogen-bond acceptors (Lipinski definition) is 3. The monoisotopic (exact) mass is 423 g/mol. The Labute approximate surface area is 185 Å². The van der Waals surface area contributed by atoms with Crippen molar-refractivity contribution in [2.75, 3.05) is 26.3 Å². The van der Waals surface area contributed by atoms with Gasteiger partial charge in [-0.05, 0) is 28.7 Å². The van der Waals surface area contributed by atoms with Crippen molar-refractivity contribution < 1.29 is 9.84 Å². The Bertz CT molecular complexity index is 848. The van der Waals surface area contributed by atoms with E-state index in [1.54, 1.807) is 0 Å². The summed E-state index contributed by atoms with van der Waals surface area (Å²) in [4.78, 5) is 2.32. The van der Waals surface area contributed by atoms with E-state index < -0.39 is 6.10 Å². The van der Waals surface area contributed by atoms with E-state index in [2.05, 4.69) is 77.7 Å². The van der Waals surface area contributed by atoms with Gasteiger partial charge in [-0.2, -0.15) is 0 Å². The van der Waals surface area contributed by atoms with Crippen molar-refractivity contribution >= 4 is 12.4 Å². The average molecular weight is 424 g/mol. The number of hydrogen-bond donors (Lipinski definition) is 1. The molecular formula is C26H30ClNO2. The van der Waals surface area contributed by atoms with E-state index in [4.69, 9.17) is 4.74 Å². The Hall–Kier alpha value is -2.17. The highest BCUT2D eigenvalue weighted by molar-refractivity contribution is 5.85. The van der Waals surface area contributed by atoms with E-state index in [1.807, 2.05) is 12.1 Å². The lowest BCUT2D eigenvalue weighted by Crippen LogP contribution is -2.38. The van der Waals surface area contributed by atoms with Crippen LogP contribution in [-0.2, 0) is 17.7 Å². The number of fused-ring (bicyclic) bond motifs is 1. The van der Waals surface area contributed by atoms with Crippen LogP contribution in [-0.4, -0.2) is 42.4 Å². The smallest absolute Gasteiger partial charge is 0.0900 e. The highest BCUT2D eigenvalue weighted by Gasteiger charge is 2.19. The summed E-state index contributed by atoms with van der Waals surface area (Å²) in [6, 6.07) is 29.5. The standard InChI is InChI=1S/C26H29NO2.ClH/c28-25(18-27-16-15-21-9-7-8-14-24(21)17-27)19-29-20-26(22-10-3-1-4-11-22)23-12-5-2-6-13-23;/h1-14,25-26,28H,15-20H2;1H. The van der Waals surface area contributed by atoms with Crippen LogP contribution in [0.4, 0.5) is 0 Å². The van der Waals surface area contributed by atoms with Crippen molar-refractivity contribution in [1.29, 1.82) is 0 Å². The maximum atomic E-state index is 10.5. The molecule has 0 aromatic heterocycles. The van der Waals surface area contributed by atoms with Crippen molar-refractivity contribution in [1.82, 2.24) is 4.90 Å².